The van der Waals surface area contributed by atoms with E-state index in [1.165, 1.54) is 0 Å². The zero-order valence-electron chi connectivity index (χ0n) is 23.9. The van der Waals surface area contributed by atoms with Gasteiger partial charge >= 0.3 is 0 Å². The number of benzene rings is 3. The number of anilines is 1. The van der Waals surface area contributed by atoms with E-state index < -0.39 is 6.10 Å². The first-order chi connectivity index (χ1) is 19.9. The van der Waals surface area contributed by atoms with Gasteiger partial charge in [-0.3, -0.25) is 14.3 Å². The minimum absolute atomic E-state index is 0. The van der Waals surface area contributed by atoms with Crippen molar-refractivity contribution in [3.8, 4) is 22.8 Å². The van der Waals surface area contributed by atoms with Crippen LogP contribution in [0.3, 0.4) is 0 Å². The molecule has 12 heteroatoms. The van der Waals surface area contributed by atoms with Gasteiger partial charge in [-0.25, -0.2) is 4.98 Å². The number of β-amino-alcohol motifs (C(OH)–C–C–N with tert-alkyl or cyclic N) is 1. The number of rotatable bonds is 9. The Morgan fingerprint density at radius 2 is 1.65 bits per heavy atom. The number of ether oxygens (including phenoxy) is 1. The van der Waals surface area contributed by atoms with Gasteiger partial charge in [-0.1, -0.05) is 59.6 Å². The van der Waals surface area contributed by atoms with E-state index in [2.05, 4.69) is 15.1 Å². The van der Waals surface area contributed by atoms with Crippen molar-refractivity contribution in [2.45, 2.75) is 13.0 Å². The molecule has 4 aromatic rings. The third-order valence-electron chi connectivity index (χ3n) is 7.30. The topological polar surface area (TPSA) is 82.9 Å². The van der Waals surface area contributed by atoms with Crippen LogP contribution in [0.4, 0.5) is 5.69 Å². The summed E-state index contributed by atoms with van der Waals surface area (Å²) < 4.78 is 7.27. The number of halogens is 4. The van der Waals surface area contributed by atoms with Gasteiger partial charge in [0.05, 0.1) is 34.6 Å². The fraction of sp³-hybridized carbons (Fsp3) is 0.290. The molecule has 1 fully saturated rings. The average molecular weight is 667 g/mol. The summed E-state index contributed by atoms with van der Waals surface area (Å²) in [5.41, 5.74) is 3.71. The van der Waals surface area contributed by atoms with Crippen LogP contribution in [0.5, 0.6) is 5.75 Å². The molecule has 0 saturated carbocycles. The molecule has 0 spiro atoms. The Balaban J connectivity index is 0.00000253. The highest BCUT2D eigenvalue weighted by Crippen LogP contribution is 2.33. The van der Waals surface area contributed by atoms with Crippen molar-refractivity contribution in [2.75, 3.05) is 51.3 Å². The third-order valence-corrected chi connectivity index (χ3v) is 8.11. The highest BCUT2D eigenvalue weighted by molar-refractivity contribution is 6.43. The molecule has 5 rings (SSSR count). The van der Waals surface area contributed by atoms with Gasteiger partial charge in [0.2, 0.25) is 0 Å². The van der Waals surface area contributed by atoms with Gasteiger partial charge in [0.15, 0.2) is 0 Å². The Kier molecular flexibility index (Phi) is 12.6. The number of carbonyl (C=O) groups is 1. The summed E-state index contributed by atoms with van der Waals surface area (Å²) in [7, 11) is 1.63. The average Bonchev–Trinajstić information content (AvgIpc) is 3.35. The number of hydrogen-bond acceptors (Lipinski definition) is 6. The molecule has 0 radical (unpaired) electrons. The van der Waals surface area contributed by atoms with Crippen LogP contribution < -0.4 is 15.0 Å². The second kappa shape index (κ2) is 15.7. The standard InChI is InChI=1S/C31H33Cl2N5O3.2ClH/c1-21-29(35-30(22-7-4-3-5-8-22)38(21)23-11-13-25(41-2)14-12-23)31(40)34-19-24(39)20-36-15-17-37(18-16-36)27-10-6-9-26(32)28(27)33;;/h3-14,24,39H,15-20H2,1-2H3,(H,34,40);2*1H. The number of amides is 1. The number of imidazole rings is 1. The van der Waals surface area contributed by atoms with Crippen LogP contribution in [0, 0.1) is 6.92 Å². The monoisotopic (exact) mass is 665 g/mol. The van der Waals surface area contributed by atoms with E-state index in [9.17, 15) is 9.90 Å². The maximum atomic E-state index is 13.3. The predicted octanol–water partition coefficient (Wildman–Crippen LogP) is 5.92. The minimum Gasteiger partial charge on any atom is -0.497 e. The maximum absolute atomic E-state index is 13.3. The van der Waals surface area contributed by atoms with Crippen molar-refractivity contribution >= 4 is 59.6 Å². The number of methoxy groups -OCH3 is 1. The molecule has 43 heavy (non-hydrogen) atoms. The van der Waals surface area contributed by atoms with E-state index in [1.807, 2.05) is 78.2 Å². The number of nitrogens with one attached hydrogen (secondary N) is 1. The SMILES string of the molecule is COc1ccc(-n2c(-c3ccccc3)nc(C(=O)NCC(O)CN3CCN(c4cccc(Cl)c4Cl)CC3)c2C)cc1.Cl.Cl. The van der Waals surface area contributed by atoms with Gasteiger partial charge in [0.1, 0.15) is 17.3 Å². The summed E-state index contributed by atoms with van der Waals surface area (Å²) in [5, 5.41) is 14.7. The van der Waals surface area contributed by atoms with Crippen molar-refractivity contribution in [3.63, 3.8) is 0 Å². The van der Waals surface area contributed by atoms with Crippen LogP contribution in [0.1, 0.15) is 16.2 Å². The van der Waals surface area contributed by atoms with Gasteiger partial charge in [0, 0.05) is 50.5 Å². The summed E-state index contributed by atoms with van der Waals surface area (Å²) in [4.78, 5) is 22.4. The summed E-state index contributed by atoms with van der Waals surface area (Å²) in [6, 6.07) is 23.0. The van der Waals surface area contributed by atoms with Crippen molar-refractivity contribution in [3.05, 3.63) is 94.2 Å². The molecular weight excluding hydrogens is 632 g/mol. The second-order valence-electron chi connectivity index (χ2n) is 9.99. The van der Waals surface area contributed by atoms with Gasteiger partial charge in [-0.05, 0) is 43.3 Å². The maximum Gasteiger partial charge on any atom is 0.271 e. The number of carbonyl (C=O) groups excluding carboxylic acids is 1. The molecule has 1 atom stereocenters. The molecule has 1 aliphatic rings. The third kappa shape index (κ3) is 7.95. The summed E-state index contributed by atoms with van der Waals surface area (Å²) in [6.07, 6.45) is -0.724. The van der Waals surface area contributed by atoms with Gasteiger partial charge in [-0.15, -0.1) is 24.8 Å². The van der Waals surface area contributed by atoms with E-state index in [1.54, 1.807) is 13.2 Å². The first kappa shape index (κ1) is 34.5. The zero-order valence-corrected chi connectivity index (χ0v) is 27.0. The lowest BCUT2D eigenvalue weighted by molar-refractivity contribution is 0.0847. The van der Waals surface area contributed by atoms with Gasteiger partial charge in [0.25, 0.3) is 5.91 Å². The smallest absolute Gasteiger partial charge is 0.271 e. The molecule has 230 valence electrons. The molecule has 3 aromatic carbocycles. The van der Waals surface area contributed by atoms with Gasteiger partial charge in [-0.2, -0.15) is 0 Å². The molecule has 2 N–H and O–H groups in total. The number of piperazine rings is 1. The Labute approximate surface area is 274 Å². The number of aliphatic hydroxyl groups excluding tert-OH is 1. The Morgan fingerprint density at radius 1 is 0.977 bits per heavy atom. The quantitative estimate of drug-likeness (QED) is 0.231. The fourth-order valence-electron chi connectivity index (χ4n) is 5.11. The minimum atomic E-state index is -0.724. The first-order valence-electron chi connectivity index (χ1n) is 13.5. The molecule has 1 amide bonds. The summed E-state index contributed by atoms with van der Waals surface area (Å²) in [5.74, 6) is 1.08. The van der Waals surface area contributed by atoms with Gasteiger partial charge < -0.3 is 20.1 Å². The molecule has 1 aromatic heterocycles. The number of hydrogen-bond donors (Lipinski definition) is 2. The fourth-order valence-corrected chi connectivity index (χ4v) is 5.52. The van der Waals surface area contributed by atoms with E-state index in [0.29, 0.717) is 33.8 Å². The molecule has 0 bridgehead atoms. The summed E-state index contributed by atoms with van der Waals surface area (Å²) in [6.45, 7) is 5.51. The van der Waals surface area contributed by atoms with Crippen LogP contribution in [0.15, 0.2) is 72.8 Å². The van der Waals surface area contributed by atoms with E-state index in [4.69, 9.17) is 32.9 Å². The molecule has 1 unspecified atom stereocenters. The first-order valence-corrected chi connectivity index (χ1v) is 14.3. The molecular formula is C31H35Cl4N5O3. The molecule has 1 saturated heterocycles. The lowest BCUT2D eigenvalue weighted by Gasteiger charge is -2.37. The second-order valence-corrected chi connectivity index (χ2v) is 10.8. The van der Waals surface area contributed by atoms with Crippen LogP contribution in [-0.2, 0) is 0 Å². The molecule has 2 heterocycles. The predicted molar refractivity (Wildman–Crippen MR) is 178 cm³/mol. The Morgan fingerprint density at radius 3 is 2.30 bits per heavy atom. The zero-order chi connectivity index (χ0) is 28.9. The van der Waals surface area contributed by atoms with Crippen molar-refractivity contribution in [1.82, 2.24) is 19.8 Å². The highest BCUT2D eigenvalue weighted by Gasteiger charge is 2.24. The van der Waals surface area contributed by atoms with Crippen molar-refractivity contribution < 1.29 is 14.6 Å². The Hall–Kier alpha value is -2.98. The molecule has 1 aliphatic heterocycles. The van der Waals surface area contributed by atoms with Crippen LogP contribution in [0.2, 0.25) is 10.0 Å². The molecule has 8 nitrogen and oxygen atoms in total. The van der Waals surface area contributed by atoms with Crippen LogP contribution in [-0.4, -0.2) is 77.9 Å². The lowest BCUT2D eigenvalue weighted by Crippen LogP contribution is -2.50. The molecule has 0 aliphatic carbocycles. The van der Waals surface area contributed by atoms with Crippen LogP contribution >= 0.6 is 48.0 Å². The van der Waals surface area contributed by atoms with Crippen molar-refractivity contribution in [2.24, 2.45) is 0 Å². The largest absolute Gasteiger partial charge is 0.497 e. The summed E-state index contributed by atoms with van der Waals surface area (Å²) >= 11 is 12.6. The van der Waals surface area contributed by atoms with Crippen molar-refractivity contribution in [1.29, 1.82) is 0 Å². The highest BCUT2D eigenvalue weighted by atomic mass is 35.5. The number of nitrogens with zero attached hydrogens (tertiary/aromatic N) is 4. The lowest BCUT2D eigenvalue weighted by atomic mass is 10.2. The normalized spacial score (nSPS) is 13.9. The van der Waals surface area contributed by atoms with Crippen LogP contribution in [0.25, 0.3) is 17.1 Å². The van der Waals surface area contributed by atoms with E-state index >= 15 is 0 Å². The Bertz CT molecular complexity index is 1490. The number of aromatic nitrogens is 2. The van der Waals surface area contributed by atoms with E-state index in [0.717, 1.165) is 48.9 Å². The number of aliphatic hydroxyl groups is 1. The van der Waals surface area contributed by atoms with E-state index in [-0.39, 0.29) is 37.3 Å².